The predicted molar refractivity (Wildman–Crippen MR) is 250 cm³/mol. The third-order valence-corrected chi connectivity index (χ3v) is 11.1. The van der Waals surface area contributed by atoms with E-state index < -0.39 is 85.3 Å². The minimum absolute atomic E-state index is 0.116. The molecule has 3 aromatic rings. The Morgan fingerprint density at radius 2 is 0.763 bits per heavy atom. The second-order valence-corrected chi connectivity index (χ2v) is 16.4. The molecule has 0 aliphatic carbocycles. The number of nitrogens with zero attached hydrogens (tertiary/aromatic N) is 3. The van der Waals surface area contributed by atoms with Gasteiger partial charge >= 0.3 is 26.1 Å². The number of aromatic nitrogens is 3. The third kappa shape index (κ3) is 22.6. The zero-order valence-corrected chi connectivity index (χ0v) is 44.1. The Morgan fingerprint density at radius 1 is 0.474 bits per heavy atom. The first-order chi connectivity index (χ1) is 35.4. The Balaban J connectivity index is 0.00000103. The van der Waals surface area contributed by atoms with E-state index in [0.29, 0.717) is 17.2 Å². The molecule has 3 amide bonds. The van der Waals surface area contributed by atoms with Crippen LogP contribution < -0.4 is 16.0 Å². The minimum atomic E-state index is -4.59. The molecular weight excluding hydrogens is 1070 g/mol. The first-order valence-corrected chi connectivity index (χ1v) is 22.4. The molecule has 32 heteroatoms. The smallest absolute Gasteiger partial charge is 0.416 e. The summed E-state index contributed by atoms with van der Waals surface area (Å²) in [5.41, 5.74) is -2.19. The van der Waals surface area contributed by atoms with Crippen LogP contribution >= 0.6 is 7.60 Å². The fourth-order valence-corrected chi connectivity index (χ4v) is 6.75. The summed E-state index contributed by atoms with van der Waals surface area (Å²) in [6.07, 6.45) is -13.2. The lowest BCUT2D eigenvalue weighted by molar-refractivity contribution is -0.154. The fourth-order valence-electron chi connectivity index (χ4n) is 5.61. The number of methoxy groups -OCH3 is 9. The zero-order valence-electron chi connectivity index (χ0n) is 43.2. The van der Waals surface area contributed by atoms with Gasteiger partial charge in [0, 0.05) is 93.7 Å². The molecule has 3 aromatic heterocycles. The average Bonchev–Trinajstić information content (AvgIpc) is 3.35. The normalized spacial score (nSPS) is 12.8. The van der Waals surface area contributed by atoms with Crippen LogP contribution in [0.1, 0.15) is 37.5 Å². The van der Waals surface area contributed by atoms with Gasteiger partial charge in [-0.3, -0.25) is 23.7 Å². The molecule has 76 heavy (non-hydrogen) atoms. The molecule has 3 N–H and O–H groups in total. The lowest BCUT2D eigenvalue weighted by Gasteiger charge is -2.22. The second kappa shape index (κ2) is 33.1. The highest BCUT2D eigenvalue weighted by Gasteiger charge is 2.41. The maximum atomic E-state index is 12.6. The molecule has 0 saturated heterocycles. The van der Waals surface area contributed by atoms with Gasteiger partial charge in [0.05, 0.1) is 30.9 Å². The van der Waals surface area contributed by atoms with Crippen LogP contribution in [-0.4, -0.2) is 141 Å². The van der Waals surface area contributed by atoms with E-state index in [1.807, 2.05) is 0 Å². The van der Waals surface area contributed by atoms with Crippen molar-refractivity contribution in [2.24, 2.45) is 0 Å². The van der Waals surface area contributed by atoms with Crippen molar-refractivity contribution in [1.82, 2.24) is 15.0 Å². The number of amides is 3. The highest BCUT2D eigenvalue weighted by atomic mass is 31.2. The van der Waals surface area contributed by atoms with Crippen LogP contribution in [0.4, 0.5) is 57.0 Å². The molecule has 1 unspecified atom stereocenters. The number of nitrogens with one attached hydrogen (secondary N) is 3. The number of rotatable bonds is 21. The lowest BCUT2D eigenvalue weighted by atomic mass is 10.2. The monoisotopic (exact) mass is 1130 g/mol. The topological polar surface area (TPSA) is 262 Å². The van der Waals surface area contributed by atoms with Crippen molar-refractivity contribution in [2.75, 3.05) is 94.2 Å². The van der Waals surface area contributed by atoms with E-state index in [0.717, 1.165) is 70.3 Å². The van der Waals surface area contributed by atoms with Crippen LogP contribution in [-0.2, 0) is 94.0 Å². The van der Waals surface area contributed by atoms with Gasteiger partial charge in [-0.25, -0.2) is 15.0 Å². The highest BCUT2D eigenvalue weighted by Crippen LogP contribution is 2.52. The van der Waals surface area contributed by atoms with E-state index in [4.69, 9.17) is 33.2 Å². The van der Waals surface area contributed by atoms with Crippen molar-refractivity contribution in [2.45, 2.75) is 64.0 Å². The quantitative estimate of drug-likeness (QED) is 0.0301. The first-order valence-electron chi connectivity index (χ1n) is 20.8. The maximum Gasteiger partial charge on any atom is 0.416 e. The molecule has 0 fully saturated rings. The van der Waals surface area contributed by atoms with Crippen LogP contribution in [0.5, 0.6) is 0 Å². The Hall–Kier alpha value is -6.15. The molecule has 0 aliphatic heterocycles. The van der Waals surface area contributed by atoms with Crippen LogP contribution in [0.2, 0.25) is 0 Å². The van der Waals surface area contributed by atoms with Gasteiger partial charge in [0.1, 0.15) is 17.5 Å². The number of anilines is 3. The van der Waals surface area contributed by atoms with Gasteiger partial charge < -0.3 is 67.6 Å². The van der Waals surface area contributed by atoms with E-state index in [9.17, 15) is 63.3 Å². The van der Waals surface area contributed by atoms with Gasteiger partial charge in [0.2, 0.25) is 12.1 Å². The molecule has 0 bridgehead atoms. The number of halogens is 9. The van der Waals surface area contributed by atoms with E-state index in [-0.39, 0.29) is 34.8 Å². The lowest BCUT2D eigenvalue weighted by Crippen LogP contribution is -2.31. The minimum Gasteiger partial charge on any atom is -0.491 e. The molecule has 0 saturated carbocycles. The first kappa shape index (κ1) is 69.8. The van der Waals surface area contributed by atoms with E-state index in [2.05, 4.69) is 49.4 Å². The highest BCUT2D eigenvalue weighted by molar-refractivity contribution is 7.55. The number of carbonyl (C=O) groups is 4. The summed E-state index contributed by atoms with van der Waals surface area (Å²) in [5.74, 6) is -5.48. The number of Topliss-reactive ketones (excluding diaryl/α,β-unsaturated/α-hetero) is 1. The summed E-state index contributed by atoms with van der Waals surface area (Å²) in [4.78, 5) is 57.6. The number of pyridine rings is 3. The van der Waals surface area contributed by atoms with Crippen LogP contribution in [0, 0.1) is 0 Å². The largest absolute Gasteiger partial charge is 0.491 e. The number of hydrogen-bond acceptors (Lipinski definition) is 19. The van der Waals surface area contributed by atoms with Gasteiger partial charge in [-0.05, 0) is 57.2 Å². The number of carbonyl (C=O) groups excluding carboxylic acids is 4. The van der Waals surface area contributed by atoms with Gasteiger partial charge in [-0.1, -0.05) is 0 Å². The molecule has 0 radical (unpaired) electrons. The van der Waals surface area contributed by atoms with Gasteiger partial charge in [0.25, 0.3) is 17.7 Å². The maximum absolute atomic E-state index is 12.6. The summed E-state index contributed by atoms with van der Waals surface area (Å²) < 4.78 is 179. The molecule has 428 valence electrons. The molecule has 22 nitrogen and oxygen atoms in total. The molecule has 1 atom stereocenters. The third-order valence-electron chi connectivity index (χ3n) is 9.10. The summed E-state index contributed by atoms with van der Waals surface area (Å²) in [6, 6.07) is 4.45. The summed E-state index contributed by atoms with van der Waals surface area (Å²) in [5, 5.41) is 6.56. The molecule has 0 spiro atoms. The molecule has 0 aromatic carbocycles. The molecule has 0 aliphatic rings. The van der Waals surface area contributed by atoms with Crippen LogP contribution in [0.15, 0.2) is 77.7 Å². The van der Waals surface area contributed by atoms with Crippen molar-refractivity contribution in [1.29, 1.82) is 0 Å². The Kier molecular flexibility index (Phi) is 30.4. The Labute approximate surface area is 430 Å². The second-order valence-electron chi connectivity index (χ2n) is 14.1. The fraction of sp³-hybridized carbons (Fsp3) is 0.477. The molecular formula is C44H58F9N6O16P. The summed E-state index contributed by atoms with van der Waals surface area (Å²) >= 11 is 0. The van der Waals surface area contributed by atoms with Crippen molar-refractivity contribution >= 4 is 48.6 Å². The predicted octanol–water partition coefficient (Wildman–Crippen LogP) is 7.85. The van der Waals surface area contributed by atoms with E-state index in [1.54, 1.807) is 0 Å². The number of ether oxygens (including phenoxy) is 9. The molecule has 3 heterocycles. The van der Waals surface area contributed by atoms with Crippen LogP contribution in [0.25, 0.3) is 0 Å². The summed E-state index contributed by atoms with van der Waals surface area (Å²) in [7, 11) is 10.1. The number of hydrogen-bond donors (Lipinski definition) is 3. The summed E-state index contributed by atoms with van der Waals surface area (Å²) in [6.45, 7) is 4.49. The van der Waals surface area contributed by atoms with Crippen molar-refractivity contribution in [3.63, 3.8) is 0 Å². The average molecular weight is 1130 g/mol. The van der Waals surface area contributed by atoms with Crippen molar-refractivity contribution in [3.8, 4) is 0 Å². The number of alkyl halides is 9. The standard InChI is InChI=1S/2C14H17F3N2O4.C11H14F3N2O5P.C5H10O3/c2*1-8(13(22-3)23-4)11(21-2)12(20)19-10-7-9(5-6-18-10)14(15,16)17;1-19-10(22(18,20-2)21-3)9(17)16-8-6-7(4-5-15-8)11(12,13)14;1-4(6)5(7-2)8-3/h2*5-7,13H,1-4H3,(H,18,19,20);4-6,10H,1-3H3,(H,15,16,17);5H,1-3H3/b11-8+;11-8-;;. The molecule has 3 rings (SSSR count). The van der Waals surface area contributed by atoms with Gasteiger partial charge in [-0.2, -0.15) is 39.5 Å². The Bertz CT molecular complexity index is 2320. The van der Waals surface area contributed by atoms with Crippen molar-refractivity contribution in [3.05, 3.63) is 94.3 Å². The van der Waals surface area contributed by atoms with E-state index in [1.165, 1.54) is 77.6 Å². The van der Waals surface area contributed by atoms with Crippen LogP contribution in [0.3, 0.4) is 0 Å². The SMILES string of the molecule is CO/C(C(=O)Nc1cc(C(F)(F)F)ccn1)=C(/C)C(OC)OC.CO/C(C(=O)Nc1cc(C(F)(F)F)ccn1)=C(\C)C(OC)OC.COC(C(=O)Nc1cc(C(F)(F)F)ccn1)P(=O)(OC)OC.COC(OC)C(C)=O. The Morgan fingerprint density at radius 3 is 0.974 bits per heavy atom. The number of ketones is 1. The van der Waals surface area contributed by atoms with Crippen molar-refractivity contribution < 1.29 is 115 Å². The van der Waals surface area contributed by atoms with E-state index >= 15 is 0 Å². The van der Waals surface area contributed by atoms with Gasteiger partial charge in [-0.15, -0.1) is 0 Å². The zero-order chi connectivity index (χ0) is 58.8. The van der Waals surface area contributed by atoms with Gasteiger partial charge in [0.15, 0.2) is 29.9 Å².